The number of thiophene rings is 1. The molecule has 0 aliphatic heterocycles. The van der Waals surface area contributed by atoms with Crippen molar-refractivity contribution in [3.8, 4) is 16.5 Å². The maximum Gasteiger partial charge on any atom is 0.268 e. The van der Waals surface area contributed by atoms with Gasteiger partial charge in [0.15, 0.2) is 5.13 Å². The van der Waals surface area contributed by atoms with Gasteiger partial charge in [0, 0.05) is 31.9 Å². The maximum atomic E-state index is 12.1. The molecule has 0 radical (unpaired) electrons. The fourth-order valence-electron chi connectivity index (χ4n) is 1.98. The number of halogens is 1. The zero-order valence-corrected chi connectivity index (χ0v) is 14.6. The number of thiazole rings is 1. The second-order valence-electron chi connectivity index (χ2n) is 4.64. The maximum absolute atomic E-state index is 12.1. The average Bonchev–Trinajstić information content (AvgIpc) is 3.24. The Morgan fingerprint density at radius 2 is 2.12 bits per heavy atom. The van der Waals surface area contributed by atoms with Gasteiger partial charge in [-0.25, -0.2) is 4.98 Å². The Bertz CT molecular complexity index is 939. The normalized spacial score (nSPS) is 11.1. The van der Waals surface area contributed by atoms with Gasteiger partial charge in [-0.15, -0.1) is 22.7 Å². The van der Waals surface area contributed by atoms with E-state index in [1.165, 1.54) is 22.7 Å². The van der Waals surface area contributed by atoms with Gasteiger partial charge in [0.2, 0.25) is 0 Å². The van der Waals surface area contributed by atoms with Gasteiger partial charge in [-0.05, 0) is 24.3 Å². The molecule has 2 aromatic heterocycles. The highest BCUT2D eigenvalue weighted by Crippen LogP contribution is 2.34. The lowest BCUT2D eigenvalue weighted by Gasteiger charge is -2.00. The summed E-state index contributed by atoms with van der Waals surface area (Å²) in [5.74, 6) is -0.472. The Morgan fingerprint density at radius 3 is 2.83 bits per heavy atom. The predicted octanol–water partition coefficient (Wildman–Crippen LogP) is 5.07. The molecule has 2 heterocycles. The molecule has 0 fully saturated rings. The van der Waals surface area contributed by atoms with Gasteiger partial charge in [-0.1, -0.05) is 29.8 Å². The minimum atomic E-state index is -0.472. The molecule has 1 N–H and O–H groups in total. The van der Waals surface area contributed by atoms with E-state index in [0.29, 0.717) is 10.2 Å². The first kappa shape index (κ1) is 16.4. The molecule has 1 aromatic carbocycles. The number of anilines is 1. The summed E-state index contributed by atoms with van der Waals surface area (Å²) in [6, 6.07) is 13.3. The number of aromatic nitrogens is 1. The highest BCUT2D eigenvalue weighted by atomic mass is 35.5. The lowest BCUT2D eigenvalue weighted by molar-refractivity contribution is -0.112. The minimum Gasteiger partial charge on any atom is -0.297 e. The molecule has 0 aliphatic carbocycles. The Kier molecular flexibility index (Phi) is 5.06. The van der Waals surface area contributed by atoms with E-state index in [0.717, 1.165) is 15.3 Å². The van der Waals surface area contributed by atoms with E-state index >= 15 is 0 Å². The van der Waals surface area contributed by atoms with E-state index in [4.69, 9.17) is 11.6 Å². The third-order valence-electron chi connectivity index (χ3n) is 3.07. The second-order valence-corrected chi connectivity index (χ2v) is 7.06. The molecule has 0 spiro atoms. The topological polar surface area (TPSA) is 65.8 Å². The van der Waals surface area contributed by atoms with Crippen LogP contribution >= 0.6 is 34.3 Å². The van der Waals surface area contributed by atoms with E-state index in [1.807, 2.05) is 42.5 Å². The van der Waals surface area contributed by atoms with Crippen LogP contribution in [0.15, 0.2) is 53.5 Å². The molecule has 0 saturated heterocycles. The molecule has 7 heteroatoms. The average molecular weight is 372 g/mol. The quantitative estimate of drug-likeness (QED) is 0.514. The number of carbonyl (C=O) groups is 1. The van der Waals surface area contributed by atoms with E-state index in [1.54, 1.807) is 17.7 Å². The zero-order valence-electron chi connectivity index (χ0n) is 12.2. The number of hydrogen-bond donors (Lipinski definition) is 1. The summed E-state index contributed by atoms with van der Waals surface area (Å²) in [6.07, 6.45) is 3.15. The van der Waals surface area contributed by atoms with Gasteiger partial charge in [0.25, 0.3) is 5.91 Å². The Morgan fingerprint density at radius 1 is 1.29 bits per heavy atom. The minimum absolute atomic E-state index is 0.0257. The number of nitrogens with one attached hydrogen (secondary N) is 1. The summed E-state index contributed by atoms with van der Waals surface area (Å²) in [7, 11) is 0. The summed E-state index contributed by atoms with van der Waals surface area (Å²) in [4.78, 5) is 17.9. The highest BCUT2D eigenvalue weighted by Gasteiger charge is 2.12. The van der Waals surface area contributed by atoms with E-state index in [9.17, 15) is 10.1 Å². The first-order chi connectivity index (χ1) is 11.7. The molecule has 118 valence electrons. The largest absolute Gasteiger partial charge is 0.297 e. The standard InChI is InChI=1S/C17H10ClN3OS2/c18-14-4-2-1-3-13(14)15-6-5-12(24-15)9-11(10-19)16(22)21-17-20-7-8-23-17/h1-9H,(H,20,21,22)/b11-9+. The van der Waals surface area contributed by atoms with Crippen molar-refractivity contribution in [3.63, 3.8) is 0 Å². The second kappa shape index (κ2) is 7.41. The molecular formula is C17H10ClN3OS2. The summed E-state index contributed by atoms with van der Waals surface area (Å²) in [5, 5.41) is 14.7. The number of nitriles is 1. The van der Waals surface area contributed by atoms with Crippen LogP contribution in [0, 0.1) is 11.3 Å². The zero-order chi connectivity index (χ0) is 16.9. The molecule has 0 atom stereocenters. The van der Waals surface area contributed by atoms with Gasteiger partial charge in [-0.3, -0.25) is 10.1 Å². The predicted molar refractivity (Wildman–Crippen MR) is 99.1 cm³/mol. The summed E-state index contributed by atoms with van der Waals surface area (Å²) >= 11 is 8.96. The Hall–Kier alpha value is -2.46. The molecule has 24 heavy (non-hydrogen) atoms. The van der Waals surface area contributed by atoms with Crippen LogP contribution in [-0.4, -0.2) is 10.9 Å². The third kappa shape index (κ3) is 3.71. The van der Waals surface area contributed by atoms with Crippen molar-refractivity contribution in [2.24, 2.45) is 0 Å². The first-order valence-corrected chi connectivity index (χ1v) is 8.92. The van der Waals surface area contributed by atoms with Crippen LogP contribution in [0.1, 0.15) is 4.88 Å². The molecule has 0 unspecified atom stereocenters. The smallest absolute Gasteiger partial charge is 0.268 e. The monoisotopic (exact) mass is 371 g/mol. The summed E-state index contributed by atoms with van der Waals surface area (Å²) < 4.78 is 0. The third-order valence-corrected chi connectivity index (χ3v) is 5.15. The number of benzene rings is 1. The molecule has 3 rings (SSSR count). The van der Waals surface area contributed by atoms with Crippen LogP contribution < -0.4 is 5.32 Å². The molecule has 3 aromatic rings. The van der Waals surface area contributed by atoms with Gasteiger partial charge in [0.05, 0.1) is 0 Å². The molecule has 1 amide bonds. The molecule has 0 saturated carbocycles. The van der Waals surface area contributed by atoms with Crippen molar-refractivity contribution in [2.75, 3.05) is 5.32 Å². The van der Waals surface area contributed by atoms with E-state index < -0.39 is 5.91 Å². The van der Waals surface area contributed by atoms with Crippen LogP contribution in [0.2, 0.25) is 5.02 Å². The summed E-state index contributed by atoms with van der Waals surface area (Å²) in [6.45, 7) is 0. The number of carbonyl (C=O) groups excluding carboxylic acids is 1. The lowest BCUT2D eigenvalue weighted by atomic mass is 10.2. The molecule has 0 bridgehead atoms. The van der Waals surface area contributed by atoms with Crippen molar-refractivity contribution in [3.05, 3.63) is 63.4 Å². The van der Waals surface area contributed by atoms with Crippen molar-refractivity contribution in [1.82, 2.24) is 4.98 Å². The molecule has 4 nitrogen and oxygen atoms in total. The number of amides is 1. The van der Waals surface area contributed by atoms with E-state index in [-0.39, 0.29) is 5.57 Å². The van der Waals surface area contributed by atoms with E-state index in [2.05, 4.69) is 10.3 Å². The number of nitrogens with zero attached hydrogens (tertiary/aromatic N) is 2. The van der Waals surface area contributed by atoms with Gasteiger partial charge >= 0.3 is 0 Å². The van der Waals surface area contributed by atoms with Crippen LogP contribution in [-0.2, 0) is 4.79 Å². The summed E-state index contributed by atoms with van der Waals surface area (Å²) in [5.41, 5.74) is 0.951. The molecule has 0 aliphatic rings. The lowest BCUT2D eigenvalue weighted by Crippen LogP contribution is -2.12. The van der Waals surface area contributed by atoms with Crippen LogP contribution in [0.25, 0.3) is 16.5 Å². The van der Waals surface area contributed by atoms with Crippen LogP contribution in [0.5, 0.6) is 0 Å². The van der Waals surface area contributed by atoms with Crippen LogP contribution in [0.3, 0.4) is 0 Å². The highest BCUT2D eigenvalue weighted by molar-refractivity contribution is 7.16. The molecular weight excluding hydrogens is 362 g/mol. The number of hydrogen-bond acceptors (Lipinski definition) is 5. The van der Waals surface area contributed by atoms with Gasteiger partial charge < -0.3 is 0 Å². The SMILES string of the molecule is N#C/C(=C\c1ccc(-c2ccccc2Cl)s1)C(=O)Nc1nccs1. The first-order valence-electron chi connectivity index (χ1n) is 6.85. The fourth-order valence-corrected chi connectivity index (χ4v) is 3.79. The van der Waals surface area contributed by atoms with Gasteiger partial charge in [-0.2, -0.15) is 5.26 Å². The Balaban J connectivity index is 1.83. The number of rotatable bonds is 4. The van der Waals surface area contributed by atoms with Crippen molar-refractivity contribution in [1.29, 1.82) is 5.26 Å². The Labute approximate surface area is 151 Å². The van der Waals surface area contributed by atoms with Crippen molar-refractivity contribution in [2.45, 2.75) is 0 Å². The van der Waals surface area contributed by atoms with Crippen LogP contribution in [0.4, 0.5) is 5.13 Å². The van der Waals surface area contributed by atoms with Crippen molar-refractivity contribution < 1.29 is 4.79 Å². The van der Waals surface area contributed by atoms with Gasteiger partial charge in [0.1, 0.15) is 11.6 Å². The van der Waals surface area contributed by atoms with Crippen molar-refractivity contribution >= 4 is 51.4 Å². The fraction of sp³-hybridized carbons (Fsp3) is 0.